The molecule has 0 radical (unpaired) electrons. The van der Waals surface area contributed by atoms with E-state index in [1.54, 1.807) is 23.3 Å². The predicted octanol–water partition coefficient (Wildman–Crippen LogP) is 4.45. The number of hydrogen-bond donors (Lipinski definition) is 0. The third-order valence-corrected chi connectivity index (χ3v) is 5.46. The Kier molecular flexibility index (Phi) is 4.28. The Hall–Kier alpha value is -2.24. The molecule has 2 aromatic heterocycles. The first kappa shape index (κ1) is 15.3. The summed E-state index contributed by atoms with van der Waals surface area (Å²) in [6, 6.07) is 13.1. The van der Waals surface area contributed by atoms with Crippen LogP contribution in [0.5, 0.6) is 11.8 Å². The van der Waals surface area contributed by atoms with Crippen molar-refractivity contribution in [3.05, 3.63) is 70.2 Å². The number of aromatic nitrogens is 2. The minimum Gasteiger partial charge on any atom is -0.424 e. The molecule has 1 aliphatic heterocycles. The molecule has 1 aliphatic rings. The highest BCUT2D eigenvalue weighted by molar-refractivity contribution is 7.10. The maximum absolute atomic E-state index is 5.65. The van der Waals surface area contributed by atoms with Gasteiger partial charge >= 0.3 is 6.01 Å². The minimum atomic E-state index is 0.375. The van der Waals surface area contributed by atoms with Gasteiger partial charge < -0.3 is 4.74 Å². The Bertz CT molecular complexity index is 801. The highest BCUT2D eigenvalue weighted by Crippen LogP contribution is 2.33. The number of thiophene rings is 1. The van der Waals surface area contributed by atoms with Crippen molar-refractivity contribution in [3.8, 4) is 11.8 Å². The number of ether oxygens (including phenoxy) is 1. The van der Waals surface area contributed by atoms with Crippen LogP contribution in [0, 0.1) is 0 Å². The van der Waals surface area contributed by atoms with E-state index in [-0.39, 0.29) is 0 Å². The third-order valence-electron chi connectivity index (χ3n) is 4.46. The Morgan fingerprint density at radius 1 is 1.17 bits per heavy atom. The number of rotatable bonds is 4. The predicted molar refractivity (Wildman–Crippen MR) is 95.4 cm³/mol. The first-order valence-corrected chi connectivity index (χ1v) is 9.02. The molecule has 0 aliphatic carbocycles. The molecule has 0 unspecified atom stereocenters. The zero-order valence-corrected chi connectivity index (χ0v) is 14.4. The lowest BCUT2D eigenvalue weighted by atomic mass is 10.0. The first-order valence-electron chi connectivity index (χ1n) is 8.14. The van der Waals surface area contributed by atoms with Crippen LogP contribution in [-0.4, -0.2) is 21.4 Å². The van der Waals surface area contributed by atoms with Gasteiger partial charge in [0.15, 0.2) is 0 Å². The smallest absolute Gasteiger partial charge is 0.321 e. The van der Waals surface area contributed by atoms with Crippen molar-refractivity contribution in [2.75, 3.05) is 6.54 Å². The largest absolute Gasteiger partial charge is 0.424 e. The molecule has 3 aromatic rings. The van der Waals surface area contributed by atoms with E-state index in [0.717, 1.165) is 25.3 Å². The summed E-state index contributed by atoms with van der Waals surface area (Å²) >= 11 is 1.89. The van der Waals surface area contributed by atoms with Crippen LogP contribution in [0.2, 0.25) is 0 Å². The van der Waals surface area contributed by atoms with E-state index >= 15 is 0 Å². The highest BCUT2D eigenvalue weighted by atomic mass is 32.1. The quantitative estimate of drug-likeness (QED) is 0.705. The lowest BCUT2D eigenvalue weighted by molar-refractivity contribution is 0.191. The van der Waals surface area contributed by atoms with E-state index < -0.39 is 0 Å². The summed E-state index contributed by atoms with van der Waals surface area (Å²) in [6.45, 7) is 4.37. The first-order chi connectivity index (χ1) is 11.8. The van der Waals surface area contributed by atoms with Crippen LogP contribution in [0.3, 0.4) is 0 Å². The molecule has 122 valence electrons. The van der Waals surface area contributed by atoms with Gasteiger partial charge in [0.2, 0.25) is 0 Å². The fourth-order valence-electron chi connectivity index (χ4n) is 3.12. The van der Waals surface area contributed by atoms with E-state index in [0.29, 0.717) is 12.1 Å². The van der Waals surface area contributed by atoms with Crippen LogP contribution >= 0.6 is 11.3 Å². The molecule has 0 spiro atoms. The van der Waals surface area contributed by atoms with Gasteiger partial charge in [0.1, 0.15) is 5.75 Å². The molecule has 1 atom stereocenters. The zero-order valence-electron chi connectivity index (χ0n) is 13.6. The molecule has 0 saturated carbocycles. The average Bonchev–Trinajstić information content (AvgIpc) is 3.10. The van der Waals surface area contributed by atoms with E-state index in [1.165, 1.54) is 11.1 Å². The van der Waals surface area contributed by atoms with E-state index in [2.05, 4.69) is 45.4 Å². The Morgan fingerprint density at radius 3 is 2.75 bits per heavy atom. The molecule has 0 bridgehead atoms. The standard InChI is InChI=1S/C19H19N3OS/c1-14-17-8-12-24-18(17)7-11-22(14)13-15-3-5-16(6-4-15)23-19-20-9-2-10-21-19/h2-6,8-10,12,14H,7,11,13H2,1H3/t14-/m1/s1. The lowest BCUT2D eigenvalue weighted by Gasteiger charge is -2.33. The monoisotopic (exact) mass is 337 g/mol. The molecule has 4 rings (SSSR count). The van der Waals surface area contributed by atoms with Gasteiger partial charge in [0.05, 0.1) is 0 Å². The van der Waals surface area contributed by atoms with Crippen LogP contribution in [-0.2, 0) is 13.0 Å². The number of hydrogen-bond acceptors (Lipinski definition) is 5. The van der Waals surface area contributed by atoms with Crippen molar-refractivity contribution in [2.24, 2.45) is 0 Å². The second-order valence-electron chi connectivity index (χ2n) is 5.97. The summed E-state index contributed by atoms with van der Waals surface area (Å²) in [6.07, 6.45) is 4.50. The Labute approximate surface area is 145 Å². The highest BCUT2D eigenvalue weighted by Gasteiger charge is 2.24. The van der Waals surface area contributed by atoms with Crippen molar-refractivity contribution in [1.82, 2.24) is 14.9 Å². The van der Waals surface area contributed by atoms with Gasteiger partial charge in [-0.1, -0.05) is 12.1 Å². The second-order valence-corrected chi connectivity index (χ2v) is 6.97. The maximum atomic E-state index is 5.65. The summed E-state index contributed by atoms with van der Waals surface area (Å²) in [7, 11) is 0. The normalized spacial score (nSPS) is 17.5. The fraction of sp³-hybridized carbons (Fsp3) is 0.263. The summed E-state index contributed by atoms with van der Waals surface area (Å²) in [4.78, 5) is 12.2. The molecular formula is C19H19N3OS. The summed E-state index contributed by atoms with van der Waals surface area (Å²) < 4.78 is 5.65. The number of benzene rings is 1. The average molecular weight is 337 g/mol. The van der Waals surface area contributed by atoms with Crippen LogP contribution in [0.4, 0.5) is 0 Å². The van der Waals surface area contributed by atoms with Crippen LogP contribution < -0.4 is 4.74 Å². The molecule has 0 saturated heterocycles. The van der Waals surface area contributed by atoms with Crippen LogP contribution in [0.1, 0.15) is 29.0 Å². The van der Waals surface area contributed by atoms with Crippen molar-refractivity contribution >= 4 is 11.3 Å². The molecule has 4 nitrogen and oxygen atoms in total. The summed E-state index contributed by atoms with van der Waals surface area (Å²) in [5.41, 5.74) is 2.79. The molecule has 0 amide bonds. The topological polar surface area (TPSA) is 38.2 Å². The van der Waals surface area contributed by atoms with Crippen molar-refractivity contribution in [2.45, 2.75) is 25.9 Å². The Balaban J connectivity index is 1.43. The van der Waals surface area contributed by atoms with Gasteiger partial charge in [-0.05, 0) is 54.1 Å². The lowest BCUT2D eigenvalue weighted by Crippen LogP contribution is -2.32. The van der Waals surface area contributed by atoms with Gasteiger partial charge in [-0.25, -0.2) is 9.97 Å². The van der Waals surface area contributed by atoms with E-state index in [4.69, 9.17) is 4.74 Å². The molecule has 1 aromatic carbocycles. The van der Waals surface area contributed by atoms with Crippen molar-refractivity contribution < 1.29 is 4.74 Å². The van der Waals surface area contributed by atoms with E-state index in [1.807, 2.05) is 23.5 Å². The molecule has 3 heterocycles. The van der Waals surface area contributed by atoms with E-state index in [9.17, 15) is 0 Å². The Morgan fingerprint density at radius 2 is 1.96 bits per heavy atom. The van der Waals surface area contributed by atoms with Gasteiger partial charge in [0.25, 0.3) is 0 Å². The van der Waals surface area contributed by atoms with Gasteiger partial charge in [-0.2, -0.15) is 0 Å². The van der Waals surface area contributed by atoms with Crippen LogP contribution in [0.15, 0.2) is 54.2 Å². The number of fused-ring (bicyclic) bond motifs is 1. The molecule has 0 N–H and O–H groups in total. The second kappa shape index (κ2) is 6.71. The summed E-state index contributed by atoms with van der Waals surface area (Å²) in [5.74, 6) is 0.761. The maximum Gasteiger partial charge on any atom is 0.321 e. The van der Waals surface area contributed by atoms with Gasteiger partial charge in [-0.15, -0.1) is 11.3 Å². The third kappa shape index (κ3) is 3.18. The minimum absolute atomic E-state index is 0.375. The molecular weight excluding hydrogens is 318 g/mol. The van der Waals surface area contributed by atoms with Gasteiger partial charge in [-0.3, -0.25) is 4.90 Å². The fourth-order valence-corrected chi connectivity index (χ4v) is 4.08. The SMILES string of the molecule is C[C@@H]1c2ccsc2CCN1Cc1ccc(Oc2ncccn2)cc1. The zero-order chi connectivity index (χ0) is 16.4. The van der Waals surface area contributed by atoms with Gasteiger partial charge in [0, 0.05) is 36.4 Å². The molecule has 0 fully saturated rings. The van der Waals surface area contributed by atoms with Crippen molar-refractivity contribution in [3.63, 3.8) is 0 Å². The summed E-state index contributed by atoms with van der Waals surface area (Å²) in [5, 5.41) is 2.21. The van der Waals surface area contributed by atoms with Crippen LogP contribution in [0.25, 0.3) is 0 Å². The number of nitrogens with zero attached hydrogens (tertiary/aromatic N) is 3. The molecule has 24 heavy (non-hydrogen) atoms. The molecule has 5 heteroatoms. The van der Waals surface area contributed by atoms with Crippen molar-refractivity contribution in [1.29, 1.82) is 0 Å².